The lowest BCUT2D eigenvalue weighted by atomic mass is 10.2. The van der Waals surface area contributed by atoms with Gasteiger partial charge in [0.15, 0.2) is 5.84 Å². The van der Waals surface area contributed by atoms with Gasteiger partial charge in [0.2, 0.25) is 0 Å². The van der Waals surface area contributed by atoms with Crippen LogP contribution in [0.15, 0.2) is 11.5 Å². The van der Waals surface area contributed by atoms with E-state index in [-0.39, 0.29) is 11.9 Å². The van der Waals surface area contributed by atoms with Gasteiger partial charge in [0.1, 0.15) is 12.2 Å². The zero-order chi connectivity index (χ0) is 15.2. The molecule has 0 spiro atoms. The van der Waals surface area contributed by atoms with Crippen LogP contribution in [0.4, 0.5) is 0 Å². The quantitative estimate of drug-likeness (QED) is 0.330. The molecule has 1 saturated heterocycles. The smallest absolute Gasteiger partial charge is 0.156 e. The van der Waals surface area contributed by atoms with Gasteiger partial charge in [-0.3, -0.25) is 9.80 Å². The van der Waals surface area contributed by atoms with Crippen LogP contribution in [-0.4, -0.2) is 67.8 Å². The van der Waals surface area contributed by atoms with E-state index in [1.165, 1.54) is 0 Å². The number of rotatable bonds is 6. The van der Waals surface area contributed by atoms with E-state index in [0.717, 1.165) is 51.5 Å². The van der Waals surface area contributed by atoms with Crippen LogP contribution in [0.25, 0.3) is 0 Å². The molecule has 0 radical (unpaired) electrons. The van der Waals surface area contributed by atoms with Gasteiger partial charge in [0.05, 0.1) is 12.6 Å². The number of hydrogen-bond acceptors (Lipinski definition) is 6. The summed E-state index contributed by atoms with van der Waals surface area (Å²) in [6.07, 6.45) is 2.68. The van der Waals surface area contributed by atoms with Gasteiger partial charge < -0.3 is 10.9 Å². The van der Waals surface area contributed by atoms with E-state index in [2.05, 4.69) is 32.0 Å². The van der Waals surface area contributed by atoms with Crippen LogP contribution in [-0.2, 0) is 13.1 Å². The number of oxime groups is 1. The standard InChI is InChI=1S/C13H25N7O/c1-3-4-20-12(15-10-16-20)9-18-5-7-19(8-6-18)11(2)13(14)17-21/h10-11,21H,3-9H2,1-2H3,(H2,14,17). The first-order valence-corrected chi connectivity index (χ1v) is 7.46. The van der Waals surface area contributed by atoms with Crippen molar-refractivity contribution < 1.29 is 5.21 Å². The Kier molecular flexibility index (Phi) is 5.51. The molecular weight excluding hydrogens is 270 g/mol. The van der Waals surface area contributed by atoms with Crippen LogP contribution in [0, 0.1) is 0 Å². The molecule has 1 unspecified atom stereocenters. The van der Waals surface area contributed by atoms with E-state index in [0.29, 0.717) is 0 Å². The molecule has 21 heavy (non-hydrogen) atoms. The highest BCUT2D eigenvalue weighted by Gasteiger charge is 2.24. The fraction of sp³-hybridized carbons (Fsp3) is 0.769. The second-order valence-electron chi connectivity index (χ2n) is 5.41. The minimum absolute atomic E-state index is 0.0269. The van der Waals surface area contributed by atoms with Gasteiger partial charge in [-0.2, -0.15) is 5.10 Å². The van der Waals surface area contributed by atoms with Gasteiger partial charge in [-0.25, -0.2) is 9.67 Å². The Hall–Kier alpha value is -1.67. The maximum Gasteiger partial charge on any atom is 0.156 e. The molecule has 1 atom stereocenters. The highest BCUT2D eigenvalue weighted by atomic mass is 16.4. The largest absolute Gasteiger partial charge is 0.409 e. The molecule has 0 amide bonds. The minimum atomic E-state index is -0.0269. The predicted octanol–water partition coefficient (Wildman–Crippen LogP) is -0.0594. The molecule has 1 aliphatic rings. The van der Waals surface area contributed by atoms with Crippen molar-refractivity contribution in [3.8, 4) is 0 Å². The van der Waals surface area contributed by atoms with E-state index in [1.807, 2.05) is 11.6 Å². The van der Waals surface area contributed by atoms with Crippen molar-refractivity contribution in [1.29, 1.82) is 0 Å². The van der Waals surface area contributed by atoms with Crippen LogP contribution in [0.1, 0.15) is 26.1 Å². The molecule has 1 aromatic rings. The fourth-order valence-corrected chi connectivity index (χ4v) is 2.59. The Bertz CT molecular complexity index is 465. The van der Waals surface area contributed by atoms with Crippen molar-refractivity contribution in [2.24, 2.45) is 10.9 Å². The summed E-state index contributed by atoms with van der Waals surface area (Å²) in [5, 5.41) is 16.1. The number of nitrogens with two attached hydrogens (primary N) is 1. The van der Waals surface area contributed by atoms with Crippen molar-refractivity contribution in [3.05, 3.63) is 12.2 Å². The monoisotopic (exact) mass is 295 g/mol. The maximum atomic E-state index is 8.75. The van der Waals surface area contributed by atoms with E-state index >= 15 is 0 Å². The van der Waals surface area contributed by atoms with Gasteiger partial charge >= 0.3 is 0 Å². The lowest BCUT2D eigenvalue weighted by Gasteiger charge is -2.37. The third kappa shape index (κ3) is 3.92. The van der Waals surface area contributed by atoms with Crippen molar-refractivity contribution in [2.75, 3.05) is 26.2 Å². The van der Waals surface area contributed by atoms with Gasteiger partial charge in [0, 0.05) is 32.7 Å². The molecule has 2 rings (SSSR count). The summed E-state index contributed by atoms with van der Waals surface area (Å²) in [4.78, 5) is 8.94. The zero-order valence-electron chi connectivity index (χ0n) is 12.8. The normalized spacial score (nSPS) is 19.8. The van der Waals surface area contributed by atoms with Crippen molar-refractivity contribution in [3.63, 3.8) is 0 Å². The van der Waals surface area contributed by atoms with Gasteiger partial charge in [-0.1, -0.05) is 12.1 Å². The number of aromatic nitrogens is 3. The Morgan fingerprint density at radius 1 is 1.43 bits per heavy atom. The van der Waals surface area contributed by atoms with Crippen molar-refractivity contribution in [2.45, 2.75) is 39.4 Å². The third-order valence-electron chi connectivity index (χ3n) is 3.99. The molecule has 3 N–H and O–H groups in total. The number of piperazine rings is 1. The molecule has 8 heteroatoms. The van der Waals surface area contributed by atoms with Crippen LogP contribution < -0.4 is 5.73 Å². The molecule has 0 saturated carbocycles. The summed E-state index contributed by atoms with van der Waals surface area (Å²) in [6, 6.07) is -0.0269. The lowest BCUT2D eigenvalue weighted by molar-refractivity contribution is 0.112. The number of aryl methyl sites for hydroxylation is 1. The number of nitrogens with zero attached hydrogens (tertiary/aromatic N) is 6. The molecule has 1 aromatic heterocycles. The van der Waals surface area contributed by atoms with Gasteiger partial charge in [-0.05, 0) is 13.3 Å². The number of amidine groups is 1. The van der Waals surface area contributed by atoms with Crippen LogP contribution in [0.3, 0.4) is 0 Å². The second-order valence-corrected chi connectivity index (χ2v) is 5.41. The Morgan fingerprint density at radius 2 is 2.14 bits per heavy atom. The molecular formula is C13H25N7O. The SMILES string of the molecule is CCCn1ncnc1CN1CCN(C(C)C(N)=NO)CC1. The topological polar surface area (TPSA) is 95.8 Å². The van der Waals surface area contributed by atoms with Gasteiger partial charge in [-0.15, -0.1) is 0 Å². The van der Waals surface area contributed by atoms with Crippen LogP contribution in [0.5, 0.6) is 0 Å². The average Bonchev–Trinajstić information content (AvgIpc) is 2.94. The van der Waals surface area contributed by atoms with E-state index in [4.69, 9.17) is 10.9 Å². The first-order valence-electron chi connectivity index (χ1n) is 7.46. The molecule has 0 aliphatic carbocycles. The summed E-state index contributed by atoms with van der Waals surface area (Å²) >= 11 is 0. The third-order valence-corrected chi connectivity index (χ3v) is 3.99. The fourth-order valence-electron chi connectivity index (χ4n) is 2.59. The highest BCUT2D eigenvalue weighted by molar-refractivity contribution is 5.84. The predicted molar refractivity (Wildman–Crippen MR) is 80.0 cm³/mol. The zero-order valence-corrected chi connectivity index (χ0v) is 12.8. The maximum absolute atomic E-state index is 8.75. The van der Waals surface area contributed by atoms with Crippen LogP contribution in [0.2, 0.25) is 0 Å². The van der Waals surface area contributed by atoms with E-state index in [1.54, 1.807) is 6.33 Å². The van der Waals surface area contributed by atoms with Crippen molar-refractivity contribution in [1.82, 2.24) is 24.6 Å². The second kappa shape index (κ2) is 7.37. The molecule has 2 heterocycles. The van der Waals surface area contributed by atoms with E-state index < -0.39 is 0 Å². The lowest BCUT2D eigenvalue weighted by Crippen LogP contribution is -2.52. The van der Waals surface area contributed by atoms with Crippen molar-refractivity contribution >= 4 is 5.84 Å². The first-order chi connectivity index (χ1) is 10.2. The summed E-state index contributed by atoms with van der Waals surface area (Å²) in [6.45, 7) is 9.53. The van der Waals surface area contributed by atoms with Gasteiger partial charge in [0.25, 0.3) is 0 Å². The summed E-state index contributed by atoms with van der Waals surface area (Å²) in [5.41, 5.74) is 5.67. The highest BCUT2D eigenvalue weighted by Crippen LogP contribution is 2.09. The summed E-state index contributed by atoms with van der Waals surface area (Å²) < 4.78 is 1.98. The number of hydrogen-bond donors (Lipinski definition) is 2. The Balaban J connectivity index is 1.85. The Morgan fingerprint density at radius 3 is 2.76 bits per heavy atom. The van der Waals surface area contributed by atoms with E-state index in [9.17, 15) is 0 Å². The first kappa shape index (κ1) is 15.7. The molecule has 0 aromatic carbocycles. The molecule has 1 aliphatic heterocycles. The summed E-state index contributed by atoms with van der Waals surface area (Å²) in [5.74, 6) is 1.29. The molecule has 118 valence electrons. The molecule has 8 nitrogen and oxygen atoms in total. The Labute approximate surface area is 125 Å². The minimum Gasteiger partial charge on any atom is -0.409 e. The summed E-state index contributed by atoms with van der Waals surface area (Å²) in [7, 11) is 0. The molecule has 1 fully saturated rings. The average molecular weight is 295 g/mol. The van der Waals surface area contributed by atoms with Crippen LogP contribution >= 0.6 is 0 Å². The molecule has 0 bridgehead atoms.